The van der Waals surface area contributed by atoms with E-state index in [0.717, 1.165) is 28.7 Å². The zero-order chi connectivity index (χ0) is 16.8. The molecule has 24 heavy (non-hydrogen) atoms. The standard InChI is InChI=1S/C18H19N5O/c1-2-15(14-8-4-3-5-9-14)19-21-18(24)12-13-23-17-11-7-6-10-16(17)20-22-23/h3-11H,2,12-13H2,1H3,(H,21,24). The van der Waals surface area contributed by atoms with E-state index in [9.17, 15) is 4.79 Å². The fourth-order valence-electron chi connectivity index (χ4n) is 2.45. The van der Waals surface area contributed by atoms with Gasteiger partial charge in [-0.2, -0.15) is 5.10 Å². The number of nitrogens with zero attached hydrogens (tertiary/aromatic N) is 4. The van der Waals surface area contributed by atoms with Crippen molar-refractivity contribution in [2.45, 2.75) is 26.3 Å². The number of benzene rings is 2. The lowest BCUT2D eigenvalue weighted by molar-refractivity contribution is -0.121. The van der Waals surface area contributed by atoms with Crippen molar-refractivity contribution in [2.75, 3.05) is 0 Å². The van der Waals surface area contributed by atoms with Gasteiger partial charge in [-0.3, -0.25) is 4.79 Å². The molecular formula is C18H19N5O. The van der Waals surface area contributed by atoms with E-state index in [-0.39, 0.29) is 5.91 Å². The van der Waals surface area contributed by atoms with Gasteiger partial charge in [0.1, 0.15) is 5.52 Å². The molecule has 0 saturated carbocycles. The molecule has 0 radical (unpaired) electrons. The summed E-state index contributed by atoms with van der Waals surface area (Å²) >= 11 is 0. The molecule has 0 spiro atoms. The van der Waals surface area contributed by atoms with Gasteiger partial charge in [-0.1, -0.05) is 54.6 Å². The molecule has 3 aromatic rings. The molecule has 122 valence electrons. The average molecular weight is 321 g/mol. The zero-order valence-corrected chi connectivity index (χ0v) is 13.5. The van der Waals surface area contributed by atoms with E-state index in [0.29, 0.717) is 13.0 Å². The van der Waals surface area contributed by atoms with Crippen molar-refractivity contribution in [3.63, 3.8) is 0 Å². The maximum Gasteiger partial charge on any atom is 0.241 e. The third-order valence-corrected chi connectivity index (χ3v) is 3.73. The molecule has 1 aromatic heterocycles. The Hall–Kier alpha value is -3.02. The van der Waals surface area contributed by atoms with Gasteiger partial charge in [0, 0.05) is 6.42 Å². The molecule has 6 heteroatoms. The first-order valence-electron chi connectivity index (χ1n) is 7.97. The van der Waals surface area contributed by atoms with Crippen molar-refractivity contribution < 1.29 is 4.79 Å². The molecule has 2 aromatic carbocycles. The highest BCUT2D eigenvalue weighted by molar-refractivity contribution is 6.00. The SMILES string of the molecule is CCC(=NNC(=O)CCn1nnc2ccccc21)c1ccccc1. The fourth-order valence-corrected chi connectivity index (χ4v) is 2.45. The lowest BCUT2D eigenvalue weighted by Gasteiger charge is -2.05. The summed E-state index contributed by atoms with van der Waals surface area (Å²) in [6, 6.07) is 17.5. The Morgan fingerprint density at radius 3 is 2.67 bits per heavy atom. The summed E-state index contributed by atoms with van der Waals surface area (Å²) in [5.74, 6) is -0.142. The van der Waals surface area contributed by atoms with Crippen molar-refractivity contribution in [2.24, 2.45) is 5.10 Å². The predicted molar refractivity (Wildman–Crippen MR) is 93.6 cm³/mol. The second-order valence-corrected chi connectivity index (χ2v) is 5.36. The summed E-state index contributed by atoms with van der Waals surface area (Å²) in [6.45, 7) is 2.48. The summed E-state index contributed by atoms with van der Waals surface area (Å²) < 4.78 is 1.73. The number of hydrogen-bond donors (Lipinski definition) is 1. The quantitative estimate of drug-likeness (QED) is 0.560. The van der Waals surface area contributed by atoms with Crippen LogP contribution in [0.4, 0.5) is 0 Å². The van der Waals surface area contributed by atoms with Crippen LogP contribution < -0.4 is 5.43 Å². The monoisotopic (exact) mass is 321 g/mol. The number of hydrogen-bond acceptors (Lipinski definition) is 4. The van der Waals surface area contributed by atoms with E-state index < -0.39 is 0 Å². The van der Waals surface area contributed by atoms with Crippen LogP contribution in [0.2, 0.25) is 0 Å². The summed E-state index contributed by atoms with van der Waals surface area (Å²) in [4.78, 5) is 12.0. The van der Waals surface area contributed by atoms with Crippen molar-refractivity contribution in [3.05, 3.63) is 60.2 Å². The third kappa shape index (κ3) is 3.65. The Kier molecular flexibility index (Phi) is 4.96. The number of nitrogens with one attached hydrogen (secondary N) is 1. The topological polar surface area (TPSA) is 72.2 Å². The molecule has 0 bridgehead atoms. The number of para-hydroxylation sites is 1. The van der Waals surface area contributed by atoms with Crippen LogP contribution >= 0.6 is 0 Å². The van der Waals surface area contributed by atoms with Crippen molar-refractivity contribution in [1.82, 2.24) is 20.4 Å². The summed E-state index contributed by atoms with van der Waals surface area (Å²) in [6.07, 6.45) is 1.04. The minimum absolute atomic E-state index is 0.142. The highest BCUT2D eigenvalue weighted by atomic mass is 16.2. The number of carbonyl (C=O) groups is 1. The Bertz CT molecular complexity index is 854. The van der Waals surface area contributed by atoms with E-state index in [4.69, 9.17) is 0 Å². The summed E-state index contributed by atoms with van der Waals surface area (Å²) in [5, 5.41) is 12.4. The number of carbonyl (C=O) groups excluding carboxylic acids is 1. The lowest BCUT2D eigenvalue weighted by Crippen LogP contribution is -2.21. The largest absolute Gasteiger partial charge is 0.273 e. The molecule has 0 aliphatic carbocycles. The molecule has 0 fully saturated rings. The van der Waals surface area contributed by atoms with Crippen molar-refractivity contribution in [3.8, 4) is 0 Å². The number of aromatic nitrogens is 3. The number of aryl methyl sites for hydroxylation is 1. The molecule has 6 nitrogen and oxygen atoms in total. The number of rotatable bonds is 6. The Morgan fingerprint density at radius 2 is 1.88 bits per heavy atom. The molecule has 0 unspecified atom stereocenters. The second kappa shape index (κ2) is 7.50. The van der Waals surface area contributed by atoms with E-state index >= 15 is 0 Å². The van der Waals surface area contributed by atoms with Gasteiger partial charge in [0.25, 0.3) is 0 Å². The van der Waals surface area contributed by atoms with Gasteiger partial charge in [0.15, 0.2) is 0 Å². The normalized spacial score (nSPS) is 11.6. The van der Waals surface area contributed by atoms with Crippen LogP contribution in [0, 0.1) is 0 Å². The van der Waals surface area contributed by atoms with Gasteiger partial charge >= 0.3 is 0 Å². The first-order valence-corrected chi connectivity index (χ1v) is 7.97. The Morgan fingerprint density at radius 1 is 1.12 bits per heavy atom. The van der Waals surface area contributed by atoms with Gasteiger partial charge in [0.05, 0.1) is 17.8 Å². The molecule has 0 aliphatic heterocycles. The van der Waals surface area contributed by atoms with Crippen LogP contribution in [0.3, 0.4) is 0 Å². The van der Waals surface area contributed by atoms with E-state index in [1.54, 1.807) is 4.68 Å². The Labute approximate surface area is 140 Å². The van der Waals surface area contributed by atoms with Crippen LogP contribution in [-0.4, -0.2) is 26.6 Å². The molecule has 0 saturated heterocycles. The van der Waals surface area contributed by atoms with Crippen LogP contribution in [0.1, 0.15) is 25.3 Å². The maximum atomic E-state index is 12.0. The number of hydrazone groups is 1. The summed E-state index contributed by atoms with van der Waals surface area (Å²) in [5.41, 5.74) is 6.25. The zero-order valence-electron chi connectivity index (χ0n) is 13.5. The van der Waals surface area contributed by atoms with Gasteiger partial charge in [-0.05, 0) is 24.1 Å². The molecule has 0 aliphatic rings. The van der Waals surface area contributed by atoms with Crippen LogP contribution in [-0.2, 0) is 11.3 Å². The minimum atomic E-state index is -0.142. The minimum Gasteiger partial charge on any atom is -0.273 e. The predicted octanol–water partition coefficient (Wildman–Crippen LogP) is 2.75. The van der Waals surface area contributed by atoms with Crippen molar-refractivity contribution >= 4 is 22.7 Å². The highest BCUT2D eigenvalue weighted by Crippen LogP contribution is 2.10. The average Bonchev–Trinajstić information content (AvgIpc) is 3.04. The lowest BCUT2D eigenvalue weighted by atomic mass is 10.1. The van der Waals surface area contributed by atoms with Gasteiger partial charge in [-0.25, -0.2) is 10.1 Å². The van der Waals surface area contributed by atoms with Crippen LogP contribution in [0.25, 0.3) is 11.0 Å². The van der Waals surface area contributed by atoms with E-state index in [1.165, 1.54) is 0 Å². The van der Waals surface area contributed by atoms with E-state index in [1.807, 2.05) is 61.5 Å². The first kappa shape index (κ1) is 15.9. The molecule has 1 heterocycles. The van der Waals surface area contributed by atoms with Crippen LogP contribution in [0.15, 0.2) is 59.7 Å². The fraction of sp³-hybridized carbons (Fsp3) is 0.222. The highest BCUT2D eigenvalue weighted by Gasteiger charge is 2.07. The second-order valence-electron chi connectivity index (χ2n) is 5.36. The summed E-state index contributed by atoms with van der Waals surface area (Å²) in [7, 11) is 0. The Balaban J connectivity index is 1.60. The van der Waals surface area contributed by atoms with Crippen LogP contribution in [0.5, 0.6) is 0 Å². The molecule has 1 N–H and O–H groups in total. The maximum absolute atomic E-state index is 12.0. The molecule has 3 rings (SSSR count). The van der Waals surface area contributed by atoms with Crippen molar-refractivity contribution in [1.29, 1.82) is 0 Å². The number of fused-ring (bicyclic) bond motifs is 1. The smallest absolute Gasteiger partial charge is 0.241 e. The third-order valence-electron chi connectivity index (χ3n) is 3.73. The van der Waals surface area contributed by atoms with Gasteiger partial charge in [0.2, 0.25) is 5.91 Å². The molecule has 1 amide bonds. The number of amides is 1. The van der Waals surface area contributed by atoms with E-state index in [2.05, 4.69) is 20.8 Å². The molecule has 0 atom stereocenters. The van der Waals surface area contributed by atoms with Gasteiger partial charge < -0.3 is 0 Å². The first-order chi connectivity index (χ1) is 11.8. The van der Waals surface area contributed by atoms with Gasteiger partial charge in [-0.15, -0.1) is 5.10 Å². The molecular weight excluding hydrogens is 302 g/mol.